The zero-order valence-electron chi connectivity index (χ0n) is 7.32. The smallest absolute Gasteiger partial charge is 0.298 e. The molecule has 3 N–H and O–H groups in total. The lowest BCUT2D eigenvalue weighted by Gasteiger charge is -2.06. The highest BCUT2D eigenvalue weighted by molar-refractivity contribution is 9.10. The van der Waals surface area contributed by atoms with Gasteiger partial charge in [-0.2, -0.15) is 16.8 Å². The maximum Gasteiger partial charge on any atom is 0.298 e. The summed E-state index contributed by atoms with van der Waals surface area (Å²) in [6.45, 7) is 0. The predicted octanol–water partition coefficient (Wildman–Crippen LogP) is 0.648. The van der Waals surface area contributed by atoms with E-state index in [0.29, 0.717) is 0 Å². The van der Waals surface area contributed by atoms with Crippen LogP contribution in [0.2, 0.25) is 0 Å². The number of halogens is 1. The molecule has 7 nitrogen and oxygen atoms in total. The molecule has 0 radical (unpaired) electrons. The molecule has 1 aromatic carbocycles. The minimum Gasteiger partial charge on any atom is -0.505 e. The monoisotopic (exact) mass is 332 g/mol. The van der Waals surface area contributed by atoms with Gasteiger partial charge < -0.3 is 5.11 Å². The summed E-state index contributed by atoms with van der Waals surface area (Å²) in [4.78, 5) is -2.04. The summed E-state index contributed by atoms with van der Waals surface area (Å²) in [6, 6.07) is 1.58. The topological polar surface area (TPSA) is 129 Å². The molecule has 0 aliphatic heterocycles. The lowest BCUT2D eigenvalue weighted by molar-refractivity contribution is 0.422. The zero-order chi connectivity index (χ0) is 12.7. The van der Waals surface area contributed by atoms with Crippen molar-refractivity contribution in [1.82, 2.24) is 0 Å². The Morgan fingerprint density at radius 1 is 0.938 bits per heavy atom. The lowest BCUT2D eigenvalue weighted by Crippen LogP contribution is -2.04. The first kappa shape index (κ1) is 13.4. The minimum atomic E-state index is -4.79. The fraction of sp³-hybridized carbons (Fsp3) is 0. The van der Waals surface area contributed by atoms with E-state index < -0.39 is 35.8 Å². The van der Waals surface area contributed by atoms with Crippen molar-refractivity contribution in [3.05, 3.63) is 16.6 Å². The van der Waals surface area contributed by atoms with Gasteiger partial charge >= 0.3 is 0 Å². The number of hydrogen-bond donors (Lipinski definition) is 3. The van der Waals surface area contributed by atoms with Crippen LogP contribution in [0.5, 0.6) is 5.75 Å². The molecule has 0 unspecified atom stereocenters. The Hall–Kier alpha value is -0.680. The van der Waals surface area contributed by atoms with Crippen molar-refractivity contribution in [2.75, 3.05) is 0 Å². The number of phenols is 1. The highest BCUT2D eigenvalue weighted by atomic mass is 79.9. The molecular formula is C6H5BrO7S2. The van der Waals surface area contributed by atoms with Crippen molar-refractivity contribution in [3.8, 4) is 5.75 Å². The summed E-state index contributed by atoms with van der Waals surface area (Å²) < 4.78 is 60.5. The molecule has 1 rings (SSSR count). The molecule has 0 heterocycles. The number of hydrogen-bond acceptors (Lipinski definition) is 5. The summed E-state index contributed by atoms with van der Waals surface area (Å²) in [5, 5.41) is 9.29. The summed E-state index contributed by atoms with van der Waals surface area (Å²) in [5.41, 5.74) is 0. The Balaban J connectivity index is 3.78. The summed E-state index contributed by atoms with van der Waals surface area (Å²) >= 11 is 2.77. The van der Waals surface area contributed by atoms with Gasteiger partial charge in [0, 0.05) is 4.47 Å². The second-order valence-electron chi connectivity index (χ2n) is 2.70. The fourth-order valence-corrected chi connectivity index (χ4v) is 3.03. The fourth-order valence-electron chi connectivity index (χ4n) is 0.944. The summed E-state index contributed by atoms with van der Waals surface area (Å²) in [7, 11) is -9.59. The Morgan fingerprint density at radius 2 is 1.25 bits per heavy atom. The average molecular weight is 333 g/mol. The first-order valence-electron chi connectivity index (χ1n) is 3.51. The Bertz CT molecular complexity index is 578. The van der Waals surface area contributed by atoms with Gasteiger partial charge in [0.05, 0.1) is 0 Å². The van der Waals surface area contributed by atoms with Gasteiger partial charge in [-0.3, -0.25) is 9.11 Å². The molecule has 0 aromatic heterocycles. The maximum absolute atomic E-state index is 10.8. The lowest BCUT2D eigenvalue weighted by atomic mass is 10.3. The molecule has 0 aliphatic carbocycles. The van der Waals surface area contributed by atoms with Crippen molar-refractivity contribution >= 4 is 36.2 Å². The van der Waals surface area contributed by atoms with Crippen LogP contribution in [0.25, 0.3) is 0 Å². The third kappa shape index (κ3) is 2.71. The molecule has 0 aliphatic rings. The van der Waals surface area contributed by atoms with Crippen LogP contribution >= 0.6 is 15.9 Å². The number of benzene rings is 1. The molecule has 90 valence electrons. The van der Waals surface area contributed by atoms with Gasteiger partial charge in [0.2, 0.25) is 0 Å². The molecule has 0 saturated heterocycles. The predicted molar refractivity (Wildman–Crippen MR) is 55.4 cm³/mol. The van der Waals surface area contributed by atoms with Gasteiger partial charge in [0.1, 0.15) is 9.79 Å². The van der Waals surface area contributed by atoms with E-state index in [1.165, 1.54) is 0 Å². The van der Waals surface area contributed by atoms with Crippen LogP contribution in [0.4, 0.5) is 0 Å². The van der Waals surface area contributed by atoms with E-state index in [-0.39, 0.29) is 4.47 Å². The molecule has 0 saturated carbocycles. The molecule has 0 amide bonds. The van der Waals surface area contributed by atoms with E-state index >= 15 is 0 Å². The molecule has 0 spiro atoms. The molecule has 0 atom stereocenters. The van der Waals surface area contributed by atoms with Crippen molar-refractivity contribution in [3.63, 3.8) is 0 Å². The number of phenolic OH excluding ortho intramolecular Hbond substituents is 1. The number of rotatable bonds is 2. The molecule has 10 heteroatoms. The molecular weight excluding hydrogens is 328 g/mol. The van der Waals surface area contributed by atoms with Crippen molar-refractivity contribution in [2.45, 2.75) is 9.79 Å². The van der Waals surface area contributed by atoms with Gasteiger partial charge in [0.15, 0.2) is 5.75 Å². The van der Waals surface area contributed by atoms with Gasteiger partial charge in [-0.1, -0.05) is 15.9 Å². The molecule has 16 heavy (non-hydrogen) atoms. The van der Waals surface area contributed by atoms with E-state index in [1.54, 1.807) is 0 Å². The molecule has 0 fully saturated rings. The van der Waals surface area contributed by atoms with Gasteiger partial charge in [0.25, 0.3) is 20.2 Å². The van der Waals surface area contributed by atoms with E-state index in [0.717, 1.165) is 12.1 Å². The van der Waals surface area contributed by atoms with E-state index in [2.05, 4.69) is 15.9 Å². The maximum atomic E-state index is 10.8. The van der Waals surface area contributed by atoms with Crippen molar-refractivity contribution in [2.24, 2.45) is 0 Å². The minimum absolute atomic E-state index is 0.0504. The number of aromatic hydroxyl groups is 1. The highest BCUT2D eigenvalue weighted by Gasteiger charge is 2.25. The van der Waals surface area contributed by atoms with Crippen LogP contribution in [-0.2, 0) is 20.2 Å². The highest BCUT2D eigenvalue weighted by Crippen LogP contribution is 2.33. The third-order valence-corrected chi connectivity index (χ3v) is 3.75. The van der Waals surface area contributed by atoms with Gasteiger partial charge in [-0.05, 0) is 12.1 Å². The van der Waals surface area contributed by atoms with E-state index in [4.69, 9.17) is 9.11 Å². The quantitative estimate of drug-likeness (QED) is 0.678. The van der Waals surface area contributed by atoms with Crippen molar-refractivity contribution < 1.29 is 31.0 Å². The van der Waals surface area contributed by atoms with Crippen molar-refractivity contribution in [1.29, 1.82) is 0 Å². The van der Waals surface area contributed by atoms with Crippen LogP contribution in [0.1, 0.15) is 0 Å². The van der Waals surface area contributed by atoms with Crippen LogP contribution in [0.15, 0.2) is 26.4 Å². The summed E-state index contributed by atoms with van der Waals surface area (Å²) in [6.07, 6.45) is 0. The van der Waals surface area contributed by atoms with E-state index in [1.807, 2.05) is 0 Å². The Morgan fingerprint density at radius 3 is 1.50 bits per heavy atom. The first-order valence-corrected chi connectivity index (χ1v) is 7.18. The summed E-state index contributed by atoms with van der Waals surface area (Å²) in [5.74, 6) is -1.24. The van der Waals surface area contributed by atoms with Crippen LogP contribution in [0, 0.1) is 0 Å². The second-order valence-corrected chi connectivity index (χ2v) is 6.40. The third-order valence-electron chi connectivity index (χ3n) is 1.56. The largest absolute Gasteiger partial charge is 0.505 e. The second kappa shape index (κ2) is 3.96. The SMILES string of the molecule is O=S(=O)(O)c1cc(Br)cc(S(=O)(=O)O)c1O. The van der Waals surface area contributed by atoms with Crippen LogP contribution in [-0.4, -0.2) is 31.0 Å². The zero-order valence-corrected chi connectivity index (χ0v) is 10.5. The van der Waals surface area contributed by atoms with Crippen LogP contribution < -0.4 is 0 Å². The standard InChI is InChI=1S/C6H5BrO7S2/c7-3-1-4(15(9,10)11)6(8)5(2-3)16(12,13)14/h1-2,8H,(H,9,10,11)(H,12,13,14). The van der Waals surface area contributed by atoms with Gasteiger partial charge in [-0.15, -0.1) is 0 Å². The molecule has 0 bridgehead atoms. The normalized spacial score (nSPS) is 12.7. The van der Waals surface area contributed by atoms with Gasteiger partial charge in [-0.25, -0.2) is 0 Å². The first-order chi connectivity index (χ1) is 7.03. The van der Waals surface area contributed by atoms with E-state index in [9.17, 15) is 21.9 Å². The Labute approximate surface area is 99.4 Å². The average Bonchev–Trinajstić information content (AvgIpc) is 2.04. The van der Waals surface area contributed by atoms with Crippen LogP contribution in [0.3, 0.4) is 0 Å². The Kier molecular flexibility index (Phi) is 3.32. The molecule has 1 aromatic rings.